The van der Waals surface area contributed by atoms with E-state index in [2.05, 4.69) is 23.2 Å². The van der Waals surface area contributed by atoms with Crippen LogP contribution in [0.1, 0.15) is 34.8 Å². The number of amides is 1. The molecule has 1 aromatic heterocycles. The highest BCUT2D eigenvalue weighted by molar-refractivity contribution is 5.92. The molecule has 146 valence electrons. The first-order valence-corrected chi connectivity index (χ1v) is 9.86. The van der Waals surface area contributed by atoms with Crippen LogP contribution in [0.3, 0.4) is 0 Å². The van der Waals surface area contributed by atoms with E-state index in [0.717, 1.165) is 29.8 Å². The fourth-order valence-electron chi connectivity index (χ4n) is 3.69. The Hall–Kier alpha value is -3.40. The smallest absolute Gasteiger partial charge is 0.246 e. The lowest BCUT2D eigenvalue weighted by Gasteiger charge is -2.24. The number of ether oxygens (including phenoxy) is 1. The molecule has 0 saturated carbocycles. The molecule has 0 radical (unpaired) electrons. The monoisotopic (exact) mass is 384 g/mol. The first-order chi connectivity index (χ1) is 14.2. The third kappa shape index (κ3) is 4.54. The molecule has 1 aliphatic carbocycles. The Labute approximate surface area is 171 Å². The summed E-state index contributed by atoms with van der Waals surface area (Å²) < 4.78 is 5.75. The molecule has 0 spiro atoms. The van der Waals surface area contributed by atoms with Crippen LogP contribution in [0.2, 0.25) is 0 Å². The summed E-state index contributed by atoms with van der Waals surface area (Å²) in [6.07, 6.45) is 7.26. The standard InChI is InChI=1S/C25H24N2O2/c1-27(24-15-12-20-6-2-3-8-23(20)24)25(28)16-11-19-9-13-22(14-10-19)29-18-21-7-4-5-17-26-21/h2-11,13-14,16-17,24H,12,15,18H2,1H3/b16-11+. The van der Waals surface area contributed by atoms with Crippen molar-refractivity contribution < 1.29 is 9.53 Å². The maximum absolute atomic E-state index is 12.6. The lowest BCUT2D eigenvalue weighted by molar-refractivity contribution is -0.126. The van der Waals surface area contributed by atoms with E-state index in [1.807, 2.05) is 66.6 Å². The molecule has 1 aliphatic rings. The third-order valence-electron chi connectivity index (χ3n) is 5.33. The van der Waals surface area contributed by atoms with E-state index in [4.69, 9.17) is 4.74 Å². The Morgan fingerprint density at radius 1 is 1.10 bits per heavy atom. The van der Waals surface area contributed by atoms with Gasteiger partial charge in [-0.15, -0.1) is 0 Å². The fourth-order valence-corrected chi connectivity index (χ4v) is 3.69. The number of benzene rings is 2. The van der Waals surface area contributed by atoms with Gasteiger partial charge in [-0.05, 0) is 59.9 Å². The molecule has 1 amide bonds. The van der Waals surface area contributed by atoms with Crippen molar-refractivity contribution >= 4 is 12.0 Å². The van der Waals surface area contributed by atoms with E-state index in [-0.39, 0.29) is 11.9 Å². The van der Waals surface area contributed by atoms with Crippen molar-refractivity contribution in [2.24, 2.45) is 0 Å². The van der Waals surface area contributed by atoms with Crippen LogP contribution >= 0.6 is 0 Å². The third-order valence-corrected chi connectivity index (χ3v) is 5.33. The number of carbonyl (C=O) groups excluding carboxylic acids is 1. The number of hydrogen-bond acceptors (Lipinski definition) is 3. The molecule has 4 rings (SSSR count). The first-order valence-electron chi connectivity index (χ1n) is 9.86. The van der Waals surface area contributed by atoms with Crippen LogP contribution < -0.4 is 4.74 Å². The molecule has 0 fully saturated rings. The number of pyridine rings is 1. The first kappa shape index (κ1) is 18.9. The predicted octanol–water partition coefficient (Wildman–Crippen LogP) is 4.82. The lowest BCUT2D eigenvalue weighted by Crippen LogP contribution is -2.28. The molecule has 3 aromatic rings. The SMILES string of the molecule is CN(C(=O)/C=C/c1ccc(OCc2ccccn2)cc1)C1CCc2ccccc21. The van der Waals surface area contributed by atoms with Gasteiger partial charge in [0.15, 0.2) is 0 Å². The fraction of sp³-hybridized carbons (Fsp3) is 0.200. The summed E-state index contributed by atoms with van der Waals surface area (Å²) in [4.78, 5) is 18.7. The Balaban J connectivity index is 1.34. The van der Waals surface area contributed by atoms with Gasteiger partial charge < -0.3 is 9.64 Å². The molecular formula is C25H24N2O2. The summed E-state index contributed by atoms with van der Waals surface area (Å²) in [5.41, 5.74) is 4.47. The average molecular weight is 384 g/mol. The molecule has 0 saturated heterocycles. The van der Waals surface area contributed by atoms with Crippen LogP contribution in [-0.2, 0) is 17.8 Å². The van der Waals surface area contributed by atoms with Gasteiger partial charge in [-0.3, -0.25) is 9.78 Å². The molecule has 0 N–H and O–H groups in total. The zero-order valence-electron chi connectivity index (χ0n) is 16.5. The zero-order chi connectivity index (χ0) is 20.1. The molecular weight excluding hydrogens is 360 g/mol. The van der Waals surface area contributed by atoms with Crippen molar-refractivity contribution in [3.63, 3.8) is 0 Å². The minimum atomic E-state index is 0.0159. The van der Waals surface area contributed by atoms with Gasteiger partial charge >= 0.3 is 0 Å². The molecule has 29 heavy (non-hydrogen) atoms. The van der Waals surface area contributed by atoms with Gasteiger partial charge in [0.05, 0.1) is 11.7 Å². The Morgan fingerprint density at radius 3 is 2.69 bits per heavy atom. The second-order valence-electron chi connectivity index (χ2n) is 7.21. The number of aryl methyl sites for hydroxylation is 1. The van der Waals surface area contributed by atoms with Crippen LogP contribution in [0.5, 0.6) is 5.75 Å². The van der Waals surface area contributed by atoms with Gasteiger partial charge in [0, 0.05) is 19.3 Å². The van der Waals surface area contributed by atoms with Crippen molar-refractivity contribution in [1.29, 1.82) is 0 Å². The van der Waals surface area contributed by atoms with E-state index in [1.165, 1.54) is 11.1 Å². The van der Waals surface area contributed by atoms with Gasteiger partial charge in [0.2, 0.25) is 5.91 Å². The van der Waals surface area contributed by atoms with E-state index >= 15 is 0 Å². The van der Waals surface area contributed by atoms with E-state index in [0.29, 0.717) is 6.61 Å². The lowest BCUT2D eigenvalue weighted by atomic mass is 10.1. The van der Waals surface area contributed by atoms with Gasteiger partial charge in [0.25, 0.3) is 0 Å². The summed E-state index contributed by atoms with van der Waals surface area (Å²) in [5.74, 6) is 0.793. The van der Waals surface area contributed by atoms with Gasteiger partial charge in [-0.2, -0.15) is 0 Å². The topological polar surface area (TPSA) is 42.4 Å². The van der Waals surface area contributed by atoms with Crippen molar-refractivity contribution in [1.82, 2.24) is 9.88 Å². The zero-order valence-corrected chi connectivity index (χ0v) is 16.5. The van der Waals surface area contributed by atoms with E-state index < -0.39 is 0 Å². The maximum Gasteiger partial charge on any atom is 0.246 e. The summed E-state index contributed by atoms with van der Waals surface area (Å²) >= 11 is 0. The number of rotatable bonds is 6. The number of hydrogen-bond donors (Lipinski definition) is 0. The molecule has 4 nitrogen and oxygen atoms in total. The molecule has 2 aromatic carbocycles. The van der Waals surface area contributed by atoms with Crippen LogP contribution in [0.15, 0.2) is 79.0 Å². The van der Waals surface area contributed by atoms with Crippen molar-refractivity contribution in [3.8, 4) is 5.75 Å². The normalized spacial score (nSPS) is 15.3. The van der Waals surface area contributed by atoms with Crippen molar-refractivity contribution in [2.45, 2.75) is 25.5 Å². The van der Waals surface area contributed by atoms with E-state index in [1.54, 1.807) is 12.3 Å². The average Bonchev–Trinajstić information content (AvgIpc) is 3.21. The van der Waals surface area contributed by atoms with Gasteiger partial charge in [-0.25, -0.2) is 0 Å². The number of aromatic nitrogens is 1. The molecule has 1 unspecified atom stereocenters. The minimum Gasteiger partial charge on any atom is -0.487 e. The van der Waals surface area contributed by atoms with Crippen LogP contribution in [0.4, 0.5) is 0 Å². The van der Waals surface area contributed by atoms with Crippen LogP contribution in [0.25, 0.3) is 6.08 Å². The van der Waals surface area contributed by atoms with Crippen LogP contribution in [0, 0.1) is 0 Å². The molecule has 1 atom stereocenters. The molecule has 1 heterocycles. The summed E-state index contributed by atoms with van der Waals surface area (Å²) in [7, 11) is 1.88. The van der Waals surface area contributed by atoms with E-state index in [9.17, 15) is 4.79 Å². The van der Waals surface area contributed by atoms with Gasteiger partial charge in [-0.1, -0.05) is 42.5 Å². The van der Waals surface area contributed by atoms with Crippen molar-refractivity contribution in [2.75, 3.05) is 7.05 Å². The number of carbonyl (C=O) groups is 1. The highest BCUT2D eigenvalue weighted by Gasteiger charge is 2.27. The second kappa shape index (κ2) is 8.74. The Bertz CT molecular complexity index is 997. The summed E-state index contributed by atoms with van der Waals surface area (Å²) in [6, 6.07) is 22.0. The largest absolute Gasteiger partial charge is 0.487 e. The highest BCUT2D eigenvalue weighted by atomic mass is 16.5. The quantitative estimate of drug-likeness (QED) is 0.572. The van der Waals surface area contributed by atoms with Gasteiger partial charge in [0.1, 0.15) is 12.4 Å². The molecule has 0 bridgehead atoms. The molecule has 0 aliphatic heterocycles. The summed E-state index contributed by atoms with van der Waals surface area (Å²) in [6.45, 7) is 0.433. The molecule has 4 heteroatoms. The number of nitrogens with zero attached hydrogens (tertiary/aromatic N) is 2. The predicted molar refractivity (Wildman–Crippen MR) is 114 cm³/mol. The Kier molecular flexibility index (Phi) is 5.71. The maximum atomic E-state index is 12.6. The minimum absolute atomic E-state index is 0.0159. The van der Waals surface area contributed by atoms with Crippen molar-refractivity contribution in [3.05, 3.63) is 101 Å². The Morgan fingerprint density at radius 2 is 1.90 bits per heavy atom. The second-order valence-corrected chi connectivity index (χ2v) is 7.21. The summed E-state index contributed by atoms with van der Waals surface area (Å²) in [5, 5.41) is 0. The highest BCUT2D eigenvalue weighted by Crippen LogP contribution is 2.34. The number of likely N-dealkylation sites (N-methyl/N-ethyl adjacent to an activating group) is 1. The number of fused-ring (bicyclic) bond motifs is 1. The van der Waals surface area contributed by atoms with Crippen LogP contribution in [-0.4, -0.2) is 22.8 Å².